The second-order valence-electron chi connectivity index (χ2n) is 14.0. The van der Waals surface area contributed by atoms with Gasteiger partial charge in [-0.05, 0) is 58.3 Å². The standard InChI is InChI=1S/C50H32NO3P/c52-55(36-17-6-2-7-18-36,37-19-8-3-9-20-37)38-26-28-42-41-27-24-34(30-45(41)51(46(42)31-38)35-15-4-1-5-16-35)44-32-48-50(43-23-13-12-22-40(43)44)54-49-39-21-11-10-14-33(39)25-29-47(49)53-48/h1-32H. The maximum absolute atomic E-state index is 15.5. The van der Waals surface area contributed by atoms with Crippen molar-refractivity contribution in [2.45, 2.75) is 0 Å². The first-order valence-electron chi connectivity index (χ1n) is 18.4. The minimum absolute atomic E-state index is 0.683. The number of hydrogen-bond donors (Lipinski definition) is 0. The van der Waals surface area contributed by atoms with Gasteiger partial charge in [-0.25, -0.2) is 0 Å². The van der Waals surface area contributed by atoms with Crippen LogP contribution in [0.1, 0.15) is 0 Å². The van der Waals surface area contributed by atoms with Crippen LogP contribution in [0.5, 0.6) is 23.0 Å². The van der Waals surface area contributed by atoms with E-state index in [9.17, 15) is 0 Å². The zero-order valence-electron chi connectivity index (χ0n) is 29.6. The molecule has 0 radical (unpaired) electrons. The molecule has 5 heteroatoms. The summed E-state index contributed by atoms with van der Waals surface area (Å²) in [5.74, 6) is 2.84. The third-order valence-corrected chi connectivity index (χ3v) is 14.0. The van der Waals surface area contributed by atoms with Gasteiger partial charge in [0.15, 0.2) is 30.1 Å². The van der Waals surface area contributed by atoms with Crippen LogP contribution < -0.4 is 25.4 Å². The SMILES string of the molecule is O=P(c1ccccc1)(c1ccccc1)c1ccc2c3ccc(-c4cc5c(c6ccccc46)Oc4c(ccc6ccccc46)O5)cc3n(-c3ccccc3)c2c1. The topological polar surface area (TPSA) is 40.5 Å². The van der Waals surface area contributed by atoms with E-state index in [1.54, 1.807) is 0 Å². The number of ether oxygens (including phenoxy) is 2. The van der Waals surface area contributed by atoms with Gasteiger partial charge in [-0.1, -0.05) is 158 Å². The van der Waals surface area contributed by atoms with E-state index >= 15 is 4.57 Å². The van der Waals surface area contributed by atoms with E-state index in [1.807, 2.05) is 91.0 Å². The van der Waals surface area contributed by atoms with E-state index in [0.29, 0.717) is 11.5 Å². The number of para-hydroxylation sites is 1. The molecule has 1 aromatic heterocycles. The highest BCUT2D eigenvalue weighted by Gasteiger charge is 2.31. The summed E-state index contributed by atoms with van der Waals surface area (Å²) in [5.41, 5.74) is 5.19. The van der Waals surface area contributed by atoms with Gasteiger partial charge in [0.1, 0.15) is 0 Å². The highest BCUT2D eigenvalue weighted by molar-refractivity contribution is 7.85. The normalized spacial score (nSPS) is 12.4. The van der Waals surface area contributed by atoms with Crippen molar-refractivity contribution < 1.29 is 14.0 Å². The van der Waals surface area contributed by atoms with E-state index in [4.69, 9.17) is 9.47 Å². The van der Waals surface area contributed by atoms with Crippen LogP contribution in [0.2, 0.25) is 0 Å². The van der Waals surface area contributed by atoms with Crippen molar-refractivity contribution in [1.29, 1.82) is 0 Å². The first-order valence-corrected chi connectivity index (χ1v) is 20.1. The summed E-state index contributed by atoms with van der Waals surface area (Å²) in [6, 6.07) is 66.0. The predicted molar refractivity (Wildman–Crippen MR) is 227 cm³/mol. The maximum Gasteiger partial charge on any atom is 0.178 e. The molecule has 4 nitrogen and oxygen atoms in total. The Morgan fingerprint density at radius 2 is 0.982 bits per heavy atom. The van der Waals surface area contributed by atoms with Crippen molar-refractivity contribution in [2.75, 3.05) is 0 Å². The Morgan fingerprint density at radius 3 is 1.71 bits per heavy atom. The molecule has 260 valence electrons. The molecular weight excluding hydrogens is 694 g/mol. The molecule has 2 heterocycles. The Morgan fingerprint density at radius 1 is 0.400 bits per heavy atom. The lowest BCUT2D eigenvalue weighted by molar-refractivity contribution is 0.367. The van der Waals surface area contributed by atoms with Crippen LogP contribution in [-0.4, -0.2) is 4.57 Å². The molecule has 9 aromatic carbocycles. The lowest BCUT2D eigenvalue weighted by Gasteiger charge is -2.24. The van der Waals surface area contributed by atoms with Gasteiger partial charge in [0.2, 0.25) is 0 Å². The molecule has 0 aliphatic carbocycles. The third kappa shape index (κ3) is 4.89. The van der Waals surface area contributed by atoms with E-state index < -0.39 is 7.14 Å². The summed E-state index contributed by atoms with van der Waals surface area (Å²) in [7, 11) is -3.21. The fourth-order valence-corrected chi connectivity index (χ4v) is 11.0. The highest BCUT2D eigenvalue weighted by atomic mass is 31.2. The summed E-state index contributed by atoms with van der Waals surface area (Å²) in [6.45, 7) is 0. The zero-order valence-corrected chi connectivity index (χ0v) is 30.5. The van der Waals surface area contributed by atoms with Gasteiger partial charge < -0.3 is 18.6 Å². The second-order valence-corrected chi connectivity index (χ2v) is 16.8. The molecule has 11 rings (SSSR count). The van der Waals surface area contributed by atoms with E-state index in [2.05, 4.69) is 108 Å². The quantitative estimate of drug-likeness (QED) is 0.166. The predicted octanol–water partition coefficient (Wildman–Crippen LogP) is 12.3. The average molecular weight is 726 g/mol. The maximum atomic E-state index is 15.5. The summed E-state index contributed by atoms with van der Waals surface area (Å²) in [4.78, 5) is 0. The number of fused-ring (bicyclic) bond motifs is 9. The Bertz CT molecular complexity index is 3130. The molecule has 0 atom stereocenters. The number of benzene rings is 9. The fourth-order valence-electron chi connectivity index (χ4n) is 8.32. The smallest absolute Gasteiger partial charge is 0.178 e. The summed E-state index contributed by atoms with van der Waals surface area (Å²) < 4.78 is 31.2. The van der Waals surface area contributed by atoms with Crippen LogP contribution in [-0.2, 0) is 4.57 Å². The van der Waals surface area contributed by atoms with E-state index in [1.165, 1.54) is 0 Å². The van der Waals surface area contributed by atoms with Gasteiger partial charge in [0.25, 0.3) is 0 Å². The Labute approximate surface area is 317 Å². The number of aromatic nitrogens is 1. The monoisotopic (exact) mass is 725 g/mol. The van der Waals surface area contributed by atoms with Gasteiger partial charge in [-0.15, -0.1) is 0 Å². The largest absolute Gasteiger partial charge is 0.449 e. The Kier molecular flexibility index (Phi) is 7.10. The van der Waals surface area contributed by atoms with Crippen LogP contribution in [0.3, 0.4) is 0 Å². The van der Waals surface area contributed by atoms with Crippen molar-refractivity contribution in [2.24, 2.45) is 0 Å². The van der Waals surface area contributed by atoms with Gasteiger partial charge in [-0.3, -0.25) is 0 Å². The van der Waals surface area contributed by atoms with Crippen molar-refractivity contribution in [3.05, 3.63) is 194 Å². The molecule has 0 spiro atoms. The van der Waals surface area contributed by atoms with Crippen molar-refractivity contribution in [3.8, 4) is 39.8 Å². The highest BCUT2D eigenvalue weighted by Crippen LogP contribution is 2.53. The van der Waals surface area contributed by atoms with Crippen LogP contribution >= 0.6 is 7.14 Å². The lowest BCUT2D eigenvalue weighted by atomic mass is 9.95. The molecule has 55 heavy (non-hydrogen) atoms. The lowest BCUT2D eigenvalue weighted by Crippen LogP contribution is -2.25. The number of nitrogens with zero attached hydrogens (tertiary/aromatic N) is 1. The minimum Gasteiger partial charge on any atom is -0.449 e. The van der Waals surface area contributed by atoms with Crippen molar-refractivity contribution in [3.63, 3.8) is 0 Å². The summed E-state index contributed by atoms with van der Waals surface area (Å²) >= 11 is 0. The third-order valence-electron chi connectivity index (χ3n) is 10.9. The number of hydrogen-bond acceptors (Lipinski definition) is 3. The molecular formula is C50H32NO3P. The van der Waals surface area contributed by atoms with Crippen LogP contribution in [0.15, 0.2) is 194 Å². The molecule has 0 bridgehead atoms. The van der Waals surface area contributed by atoms with Crippen LogP contribution in [0, 0.1) is 0 Å². The molecule has 0 saturated heterocycles. The molecule has 0 N–H and O–H groups in total. The average Bonchev–Trinajstić information content (AvgIpc) is 3.59. The molecule has 1 aliphatic rings. The molecule has 1 aliphatic heterocycles. The Balaban J connectivity index is 1.13. The van der Waals surface area contributed by atoms with Crippen molar-refractivity contribution in [1.82, 2.24) is 4.57 Å². The fraction of sp³-hybridized carbons (Fsp3) is 0. The van der Waals surface area contributed by atoms with Crippen molar-refractivity contribution >= 4 is 66.4 Å². The van der Waals surface area contributed by atoms with E-state index in [0.717, 1.165) is 87.6 Å². The first kappa shape index (κ1) is 31.6. The molecule has 0 unspecified atom stereocenters. The van der Waals surface area contributed by atoms with E-state index in [-0.39, 0.29) is 0 Å². The van der Waals surface area contributed by atoms with Gasteiger partial charge in [0, 0.05) is 43.1 Å². The molecule has 0 saturated carbocycles. The molecule has 10 aromatic rings. The molecule has 0 fully saturated rings. The second kappa shape index (κ2) is 12.3. The molecule has 0 amide bonds. The van der Waals surface area contributed by atoms with Gasteiger partial charge in [-0.2, -0.15) is 0 Å². The van der Waals surface area contributed by atoms with Crippen LogP contribution in [0.4, 0.5) is 0 Å². The zero-order chi connectivity index (χ0) is 36.5. The summed E-state index contributed by atoms with van der Waals surface area (Å²) in [5, 5.41) is 8.81. The summed E-state index contributed by atoms with van der Waals surface area (Å²) in [6.07, 6.45) is 0. The van der Waals surface area contributed by atoms with Gasteiger partial charge in [0.05, 0.1) is 11.0 Å². The first-order chi connectivity index (χ1) is 27.1. The van der Waals surface area contributed by atoms with Gasteiger partial charge >= 0.3 is 0 Å². The Hall–Kier alpha value is -6.87. The minimum atomic E-state index is -3.21. The number of rotatable bonds is 5. The van der Waals surface area contributed by atoms with Crippen LogP contribution in [0.25, 0.3) is 60.2 Å².